The first-order chi connectivity index (χ1) is 10.1. The molecular weight excluding hydrogens is 296 g/mol. The third kappa shape index (κ3) is 3.41. The molecule has 1 heterocycles. The second-order valence-electron chi connectivity index (χ2n) is 4.86. The van der Waals surface area contributed by atoms with Gasteiger partial charge in [0.2, 0.25) is 0 Å². The Hall–Kier alpha value is -1.46. The van der Waals surface area contributed by atoms with Crippen molar-refractivity contribution >= 4 is 17.6 Å². The number of hydrogen-bond acceptors (Lipinski definition) is 5. The van der Waals surface area contributed by atoms with E-state index in [1.165, 1.54) is 7.11 Å². The van der Waals surface area contributed by atoms with E-state index in [4.69, 9.17) is 25.8 Å². The second-order valence-corrected chi connectivity index (χ2v) is 5.27. The molecule has 0 saturated heterocycles. The van der Waals surface area contributed by atoms with E-state index in [0.29, 0.717) is 41.7 Å². The summed E-state index contributed by atoms with van der Waals surface area (Å²) in [5.74, 6) is -0.117. The number of esters is 1. The standard InChI is InChI=1S/C15H19ClO5/c1-3-10(15(18)19-2)13(17)9-7-11(16)14-12(8-9)20-5-4-6-21-14/h7-8,10,13,17H,3-6H2,1-2H3. The van der Waals surface area contributed by atoms with Gasteiger partial charge in [-0.3, -0.25) is 4.79 Å². The number of carbonyl (C=O) groups is 1. The first kappa shape index (κ1) is 15.9. The van der Waals surface area contributed by atoms with Gasteiger partial charge in [0.1, 0.15) is 0 Å². The molecule has 0 spiro atoms. The highest BCUT2D eigenvalue weighted by Gasteiger charge is 2.29. The van der Waals surface area contributed by atoms with Crippen LogP contribution in [-0.4, -0.2) is 31.4 Å². The van der Waals surface area contributed by atoms with Crippen LogP contribution in [-0.2, 0) is 9.53 Å². The highest BCUT2D eigenvalue weighted by molar-refractivity contribution is 6.32. The van der Waals surface area contributed by atoms with Crippen LogP contribution in [0.3, 0.4) is 0 Å². The van der Waals surface area contributed by atoms with Gasteiger partial charge in [-0.25, -0.2) is 0 Å². The lowest BCUT2D eigenvalue weighted by molar-refractivity contribution is -0.149. The van der Waals surface area contributed by atoms with Gasteiger partial charge in [-0.1, -0.05) is 18.5 Å². The van der Waals surface area contributed by atoms with Crippen LogP contribution < -0.4 is 9.47 Å². The molecule has 1 aromatic rings. The molecular formula is C15H19ClO5. The minimum absolute atomic E-state index is 0.364. The van der Waals surface area contributed by atoms with Gasteiger partial charge in [0.25, 0.3) is 0 Å². The van der Waals surface area contributed by atoms with Crippen LogP contribution in [0.15, 0.2) is 12.1 Å². The predicted octanol–water partition coefficient (Wildman–Crippen LogP) is 2.73. The fourth-order valence-corrected chi connectivity index (χ4v) is 2.60. The summed E-state index contributed by atoms with van der Waals surface area (Å²) in [6.07, 6.45) is 0.222. The second kappa shape index (κ2) is 7.00. The molecule has 21 heavy (non-hydrogen) atoms. The zero-order valence-electron chi connectivity index (χ0n) is 12.1. The number of halogens is 1. The fraction of sp³-hybridized carbons (Fsp3) is 0.533. The van der Waals surface area contributed by atoms with Crippen LogP contribution in [0.1, 0.15) is 31.4 Å². The topological polar surface area (TPSA) is 65.0 Å². The molecule has 0 saturated carbocycles. The highest BCUT2D eigenvalue weighted by atomic mass is 35.5. The van der Waals surface area contributed by atoms with Crippen LogP contribution in [0, 0.1) is 5.92 Å². The van der Waals surface area contributed by atoms with Crippen LogP contribution in [0.2, 0.25) is 5.02 Å². The van der Waals surface area contributed by atoms with Crippen LogP contribution in [0.25, 0.3) is 0 Å². The number of fused-ring (bicyclic) bond motifs is 1. The Labute approximate surface area is 128 Å². The molecule has 1 aromatic carbocycles. The lowest BCUT2D eigenvalue weighted by atomic mass is 9.93. The van der Waals surface area contributed by atoms with Crippen LogP contribution >= 0.6 is 11.6 Å². The molecule has 5 nitrogen and oxygen atoms in total. The Morgan fingerprint density at radius 3 is 2.81 bits per heavy atom. The van der Waals surface area contributed by atoms with E-state index in [1.807, 2.05) is 6.92 Å². The van der Waals surface area contributed by atoms with Gasteiger partial charge in [-0.2, -0.15) is 0 Å². The Balaban J connectivity index is 2.33. The molecule has 6 heteroatoms. The van der Waals surface area contributed by atoms with Gasteiger partial charge >= 0.3 is 5.97 Å². The number of aliphatic hydroxyl groups excluding tert-OH is 1. The molecule has 116 valence electrons. The van der Waals surface area contributed by atoms with Crippen molar-refractivity contribution in [2.45, 2.75) is 25.9 Å². The molecule has 1 N–H and O–H groups in total. The predicted molar refractivity (Wildman–Crippen MR) is 77.8 cm³/mol. The zero-order chi connectivity index (χ0) is 15.4. The van der Waals surface area contributed by atoms with Gasteiger partial charge in [0.05, 0.1) is 37.4 Å². The average molecular weight is 315 g/mol. The summed E-state index contributed by atoms with van der Waals surface area (Å²) in [4.78, 5) is 11.7. The SMILES string of the molecule is CCC(C(=O)OC)C(O)c1cc(Cl)c2c(c1)OCCCO2. The molecule has 2 atom stereocenters. The largest absolute Gasteiger partial charge is 0.489 e. The van der Waals surface area contributed by atoms with E-state index in [-0.39, 0.29) is 0 Å². The summed E-state index contributed by atoms with van der Waals surface area (Å²) < 4.78 is 15.8. The highest BCUT2D eigenvalue weighted by Crippen LogP contribution is 2.40. The van der Waals surface area contributed by atoms with E-state index in [1.54, 1.807) is 12.1 Å². The number of aliphatic hydroxyl groups is 1. The van der Waals surface area contributed by atoms with E-state index in [0.717, 1.165) is 6.42 Å². The van der Waals surface area contributed by atoms with Crippen molar-refractivity contribution in [1.82, 2.24) is 0 Å². The van der Waals surface area contributed by atoms with Gasteiger partial charge in [0, 0.05) is 6.42 Å². The minimum atomic E-state index is -1.00. The smallest absolute Gasteiger partial charge is 0.311 e. The average Bonchev–Trinajstić information content (AvgIpc) is 2.73. The van der Waals surface area contributed by atoms with Gasteiger partial charge < -0.3 is 19.3 Å². The quantitative estimate of drug-likeness (QED) is 0.866. The van der Waals surface area contributed by atoms with E-state index < -0.39 is 18.0 Å². The van der Waals surface area contributed by atoms with E-state index in [2.05, 4.69) is 0 Å². The number of ether oxygens (including phenoxy) is 3. The van der Waals surface area contributed by atoms with Crippen molar-refractivity contribution in [2.75, 3.05) is 20.3 Å². The Bertz CT molecular complexity index is 517. The summed E-state index contributed by atoms with van der Waals surface area (Å²) in [7, 11) is 1.30. The first-order valence-corrected chi connectivity index (χ1v) is 7.31. The summed E-state index contributed by atoms with van der Waals surface area (Å²) >= 11 is 6.19. The molecule has 0 amide bonds. The van der Waals surface area contributed by atoms with Crippen molar-refractivity contribution in [3.05, 3.63) is 22.7 Å². The van der Waals surface area contributed by atoms with E-state index >= 15 is 0 Å². The maximum atomic E-state index is 11.7. The minimum Gasteiger partial charge on any atom is -0.489 e. The maximum Gasteiger partial charge on any atom is 0.311 e. The normalized spacial score (nSPS) is 16.8. The van der Waals surface area contributed by atoms with Crippen molar-refractivity contribution in [1.29, 1.82) is 0 Å². The third-order valence-electron chi connectivity index (χ3n) is 3.49. The lowest BCUT2D eigenvalue weighted by Crippen LogP contribution is -2.23. The monoisotopic (exact) mass is 314 g/mol. The van der Waals surface area contributed by atoms with E-state index in [9.17, 15) is 9.90 Å². The number of benzene rings is 1. The molecule has 1 aliphatic rings. The van der Waals surface area contributed by atoms with Crippen LogP contribution in [0.4, 0.5) is 0 Å². The maximum absolute atomic E-state index is 11.7. The number of methoxy groups -OCH3 is 1. The molecule has 2 rings (SSSR count). The van der Waals surface area contributed by atoms with Crippen LogP contribution in [0.5, 0.6) is 11.5 Å². The zero-order valence-corrected chi connectivity index (χ0v) is 12.9. The van der Waals surface area contributed by atoms with Gasteiger partial charge in [-0.15, -0.1) is 0 Å². The third-order valence-corrected chi connectivity index (χ3v) is 3.77. The molecule has 2 unspecified atom stereocenters. The molecule has 0 fully saturated rings. The molecule has 1 aliphatic heterocycles. The number of hydrogen-bond donors (Lipinski definition) is 1. The summed E-state index contributed by atoms with van der Waals surface area (Å²) in [5, 5.41) is 10.8. The summed E-state index contributed by atoms with van der Waals surface area (Å²) in [6.45, 7) is 2.88. The summed E-state index contributed by atoms with van der Waals surface area (Å²) in [5.41, 5.74) is 0.515. The van der Waals surface area contributed by atoms with Gasteiger partial charge in [-0.05, 0) is 24.1 Å². The first-order valence-electron chi connectivity index (χ1n) is 6.93. The van der Waals surface area contributed by atoms with Crippen molar-refractivity contribution in [2.24, 2.45) is 5.92 Å². The van der Waals surface area contributed by atoms with Crippen molar-refractivity contribution in [3.8, 4) is 11.5 Å². The number of carbonyl (C=O) groups excluding carboxylic acids is 1. The Kier molecular flexibility index (Phi) is 5.31. The fourth-order valence-electron chi connectivity index (χ4n) is 2.32. The molecule has 0 radical (unpaired) electrons. The number of rotatable bonds is 4. The Morgan fingerprint density at radius 2 is 2.14 bits per heavy atom. The van der Waals surface area contributed by atoms with Crippen molar-refractivity contribution < 1.29 is 24.1 Å². The summed E-state index contributed by atoms with van der Waals surface area (Å²) in [6, 6.07) is 3.27. The van der Waals surface area contributed by atoms with Crippen molar-refractivity contribution in [3.63, 3.8) is 0 Å². The Morgan fingerprint density at radius 1 is 1.43 bits per heavy atom. The molecule has 0 aliphatic carbocycles. The van der Waals surface area contributed by atoms with Gasteiger partial charge in [0.15, 0.2) is 11.5 Å². The molecule has 0 aromatic heterocycles. The lowest BCUT2D eigenvalue weighted by Gasteiger charge is -2.21. The molecule has 0 bridgehead atoms.